The van der Waals surface area contributed by atoms with Crippen LogP contribution in [0.15, 0.2) is 59.3 Å². The average molecular weight is 439 g/mol. The molecule has 2 N–H and O–H groups in total. The number of hydrogen-bond donors (Lipinski definition) is 2. The van der Waals surface area contributed by atoms with Gasteiger partial charge in [0.2, 0.25) is 5.91 Å². The second-order valence-electron chi connectivity index (χ2n) is 6.71. The third-order valence-corrected chi connectivity index (χ3v) is 5.19. The Hall–Kier alpha value is -3.32. The van der Waals surface area contributed by atoms with Crippen LogP contribution in [0.4, 0.5) is 11.4 Å². The molecule has 1 aromatic heterocycles. The Balaban J connectivity index is 1.81. The molecule has 0 aliphatic heterocycles. The van der Waals surface area contributed by atoms with Crippen molar-refractivity contribution in [1.29, 1.82) is 0 Å². The lowest BCUT2D eigenvalue weighted by molar-refractivity contribution is -0.116. The summed E-state index contributed by atoms with van der Waals surface area (Å²) in [7, 11) is 0. The number of amides is 2. The lowest BCUT2D eigenvalue weighted by Gasteiger charge is -2.18. The molecule has 0 atom stereocenters. The number of anilines is 2. The van der Waals surface area contributed by atoms with Crippen molar-refractivity contribution in [3.63, 3.8) is 0 Å². The van der Waals surface area contributed by atoms with Crippen LogP contribution >= 0.6 is 11.3 Å². The van der Waals surface area contributed by atoms with Gasteiger partial charge in [0.25, 0.3) is 5.91 Å². The van der Waals surface area contributed by atoms with E-state index < -0.39 is 0 Å². The molecule has 0 unspecified atom stereocenters. The molecule has 2 aromatic carbocycles. The van der Waals surface area contributed by atoms with Crippen molar-refractivity contribution in [2.24, 2.45) is 0 Å². The molecule has 0 aliphatic rings. The maximum absolute atomic E-state index is 12.6. The van der Waals surface area contributed by atoms with E-state index in [1.165, 1.54) is 0 Å². The molecular formula is C24H26N2O4S. The lowest BCUT2D eigenvalue weighted by Crippen LogP contribution is -2.16. The molecule has 3 aromatic rings. The summed E-state index contributed by atoms with van der Waals surface area (Å²) in [4.78, 5) is 25.1. The van der Waals surface area contributed by atoms with Gasteiger partial charge in [-0.3, -0.25) is 9.59 Å². The Morgan fingerprint density at radius 2 is 1.55 bits per heavy atom. The summed E-state index contributed by atoms with van der Waals surface area (Å²) >= 11 is 1.61. The Morgan fingerprint density at radius 1 is 0.903 bits per heavy atom. The molecule has 7 heteroatoms. The first-order valence-corrected chi connectivity index (χ1v) is 11.2. The van der Waals surface area contributed by atoms with Crippen LogP contribution in [0.5, 0.6) is 11.5 Å². The minimum atomic E-state index is -0.253. The quantitative estimate of drug-likeness (QED) is 0.446. The van der Waals surface area contributed by atoms with Gasteiger partial charge < -0.3 is 20.1 Å². The Labute approximate surface area is 186 Å². The molecule has 0 saturated carbocycles. The van der Waals surface area contributed by atoms with Gasteiger partial charge in [-0.15, -0.1) is 0 Å². The number of benzene rings is 2. The van der Waals surface area contributed by atoms with Crippen LogP contribution < -0.4 is 20.1 Å². The van der Waals surface area contributed by atoms with E-state index in [4.69, 9.17) is 9.47 Å². The lowest BCUT2D eigenvalue weighted by atomic mass is 10.1. The fourth-order valence-corrected chi connectivity index (χ4v) is 3.70. The van der Waals surface area contributed by atoms with Gasteiger partial charge in [-0.2, -0.15) is 11.3 Å². The third kappa shape index (κ3) is 6.33. The van der Waals surface area contributed by atoms with Crippen LogP contribution in [0.1, 0.15) is 36.2 Å². The molecule has 31 heavy (non-hydrogen) atoms. The molecule has 0 spiro atoms. The van der Waals surface area contributed by atoms with Gasteiger partial charge in [-0.05, 0) is 54.8 Å². The highest BCUT2D eigenvalue weighted by molar-refractivity contribution is 7.07. The van der Waals surface area contributed by atoms with Crippen LogP contribution in [-0.4, -0.2) is 25.0 Å². The molecule has 0 saturated heterocycles. The zero-order valence-corrected chi connectivity index (χ0v) is 18.5. The standard InChI is InChI=1S/C24H26N2O4S/c1-3-29-21-15-20(26-24(28)18-8-6-5-7-9-18)22(30-4-2)14-19(21)25-23(27)11-10-17-12-13-31-16-17/h5-9,12-16H,3-4,10-11H2,1-2H3,(H,25,27)(H,26,28). The fraction of sp³-hybridized carbons (Fsp3) is 0.250. The van der Waals surface area contributed by atoms with E-state index in [1.807, 2.05) is 36.7 Å². The first-order chi connectivity index (χ1) is 15.1. The highest BCUT2D eigenvalue weighted by atomic mass is 32.1. The van der Waals surface area contributed by atoms with Crippen molar-refractivity contribution < 1.29 is 19.1 Å². The monoisotopic (exact) mass is 438 g/mol. The van der Waals surface area contributed by atoms with Crippen LogP contribution in [0, 0.1) is 0 Å². The second kappa shape index (κ2) is 11.2. The summed E-state index contributed by atoms with van der Waals surface area (Å²) in [5.41, 5.74) is 2.67. The first kappa shape index (κ1) is 22.4. The number of ether oxygens (including phenoxy) is 2. The molecule has 3 rings (SSSR count). The predicted molar refractivity (Wildman–Crippen MR) is 124 cm³/mol. The van der Waals surface area contributed by atoms with E-state index >= 15 is 0 Å². The molecule has 0 radical (unpaired) electrons. The van der Waals surface area contributed by atoms with Crippen molar-refractivity contribution in [2.45, 2.75) is 26.7 Å². The number of aryl methyl sites for hydroxylation is 1. The Kier molecular flexibility index (Phi) is 8.06. The van der Waals surface area contributed by atoms with Crippen LogP contribution in [0.3, 0.4) is 0 Å². The predicted octanol–water partition coefficient (Wildman–Crippen LogP) is 5.37. The first-order valence-electron chi connectivity index (χ1n) is 10.2. The number of thiophene rings is 1. The second-order valence-corrected chi connectivity index (χ2v) is 7.49. The number of carbonyl (C=O) groups is 2. The van der Waals surface area contributed by atoms with E-state index in [9.17, 15) is 9.59 Å². The van der Waals surface area contributed by atoms with Gasteiger partial charge in [-0.25, -0.2) is 0 Å². The SMILES string of the molecule is CCOc1cc(NC(=O)c2ccccc2)c(OCC)cc1NC(=O)CCc1ccsc1. The Bertz CT molecular complexity index is 1000. The normalized spacial score (nSPS) is 10.4. The minimum Gasteiger partial charge on any atom is -0.492 e. The molecule has 0 bridgehead atoms. The molecule has 0 fully saturated rings. The average Bonchev–Trinajstić information content (AvgIpc) is 3.30. The van der Waals surface area contributed by atoms with Gasteiger partial charge in [0.05, 0.1) is 24.6 Å². The Morgan fingerprint density at radius 3 is 2.13 bits per heavy atom. The molecule has 0 aliphatic carbocycles. The van der Waals surface area contributed by atoms with E-state index in [0.29, 0.717) is 54.5 Å². The van der Waals surface area contributed by atoms with Gasteiger partial charge in [-0.1, -0.05) is 18.2 Å². The summed E-state index contributed by atoms with van der Waals surface area (Å²) < 4.78 is 11.5. The highest BCUT2D eigenvalue weighted by Gasteiger charge is 2.17. The van der Waals surface area contributed by atoms with Crippen molar-refractivity contribution >= 4 is 34.5 Å². The summed E-state index contributed by atoms with van der Waals surface area (Å²) in [6.07, 6.45) is 1.03. The van der Waals surface area contributed by atoms with Crippen molar-refractivity contribution in [3.05, 3.63) is 70.4 Å². The van der Waals surface area contributed by atoms with Crippen molar-refractivity contribution in [3.8, 4) is 11.5 Å². The van der Waals surface area contributed by atoms with Gasteiger partial charge in [0.15, 0.2) is 0 Å². The number of carbonyl (C=O) groups excluding carboxylic acids is 2. The van der Waals surface area contributed by atoms with E-state index in [0.717, 1.165) is 5.56 Å². The van der Waals surface area contributed by atoms with E-state index in [2.05, 4.69) is 10.6 Å². The molecule has 1 heterocycles. The highest BCUT2D eigenvalue weighted by Crippen LogP contribution is 2.37. The number of hydrogen-bond acceptors (Lipinski definition) is 5. The number of nitrogens with one attached hydrogen (secondary N) is 2. The van der Waals surface area contributed by atoms with Crippen molar-refractivity contribution in [2.75, 3.05) is 23.8 Å². The fourth-order valence-electron chi connectivity index (χ4n) is 2.99. The van der Waals surface area contributed by atoms with Gasteiger partial charge in [0.1, 0.15) is 11.5 Å². The minimum absolute atomic E-state index is 0.115. The molecule has 162 valence electrons. The summed E-state index contributed by atoms with van der Waals surface area (Å²) in [6, 6.07) is 14.3. The number of rotatable bonds is 10. The smallest absolute Gasteiger partial charge is 0.255 e. The zero-order chi connectivity index (χ0) is 22.1. The largest absolute Gasteiger partial charge is 0.492 e. The summed E-state index contributed by atoms with van der Waals surface area (Å²) in [6.45, 7) is 4.55. The van der Waals surface area contributed by atoms with Gasteiger partial charge in [0, 0.05) is 24.1 Å². The van der Waals surface area contributed by atoms with Crippen LogP contribution in [0.2, 0.25) is 0 Å². The van der Waals surface area contributed by atoms with E-state index in [-0.39, 0.29) is 11.8 Å². The van der Waals surface area contributed by atoms with E-state index in [1.54, 1.807) is 47.7 Å². The maximum atomic E-state index is 12.6. The van der Waals surface area contributed by atoms with Crippen molar-refractivity contribution in [1.82, 2.24) is 0 Å². The summed E-state index contributed by atoms with van der Waals surface area (Å²) in [5, 5.41) is 9.83. The molecule has 2 amide bonds. The third-order valence-electron chi connectivity index (χ3n) is 4.46. The molecule has 6 nitrogen and oxygen atoms in total. The zero-order valence-electron chi connectivity index (χ0n) is 17.6. The van der Waals surface area contributed by atoms with Crippen LogP contribution in [-0.2, 0) is 11.2 Å². The topological polar surface area (TPSA) is 76.7 Å². The van der Waals surface area contributed by atoms with Crippen LogP contribution in [0.25, 0.3) is 0 Å². The van der Waals surface area contributed by atoms with Gasteiger partial charge >= 0.3 is 0 Å². The molecular weight excluding hydrogens is 412 g/mol. The summed E-state index contributed by atoms with van der Waals surface area (Å²) in [5.74, 6) is 0.564. The maximum Gasteiger partial charge on any atom is 0.255 e.